The number of benzene rings is 3. The van der Waals surface area contributed by atoms with E-state index in [1.54, 1.807) is 36.4 Å². The van der Waals surface area contributed by atoms with E-state index < -0.39 is 17.7 Å². The topological polar surface area (TPSA) is 120 Å². The van der Waals surface area contributed by atoms with Crippen molar-refractivity contribution in [2.75, 3.05) is 31.3 Å². The predicted octanol–water partition coefficient (Wildman–Crippen LogP) is 7.07. The van der Waals surface area contributed by atoms with Gasteiger partial charge >= 0.3 is 5.91 Å². The van der Waals surface area contributed by atoms with Crippen LogP contribution in [-0.2, 0) is 15.3 Å². The molecule has 0 saturated carbocycles. The van der Waals surface area contributed by atoms with E-state index >= 15 is 0 Å². The first-order chi connectivity index (χ1) is 22.4. The van der Waals surface area contributed by atoms with E-state index in [9.17, 15) is 14.7 Å². The maximum Gasteiger partial charge on any atom is 0.301 e. The molecule has 1 unspecified atom stereocenters. The van der Waals surface area contributed by atoms with E-state index in [1.807, 2.05) is 38.1 Å². The highest BCUT2D eigenvalue weighted by Crippen LogP contribution is 2.46. The van der Waals surface area contributed by atoms with Gasteiger partial charge in [0.25, 0.3) is 5.78 Å². The Morgan fingerprint density at radius 1 is 1.02 bits per heavy atom. The molecule has 1 atom stereocenters. The molecule has 46 heavy (non-hydrogen) atoms. The van der Waals surface area contributed by atoms with Gasteiger partial charge in [-0.3, -0.25) is 14.5 Å². The van der Waals surface area contributed by atoms with Crippen molar-refractivity contribution in [2.45, 2.75) is 36.4 Å². The number of halogens is 1. The van der Waals surface area contributed by atoms with Crippen LogP contribution in [0.25, 0.3) is 5.76 Å². The second kappa shape index (κ2) is 14.0. The molecule has 1 aromatic heterocycles. The zero-order chi connectivity index (χ0) is 32.2. The van der Waals surface area contributed by atoms with E-state index in [0.717, 1.165) is 12.0 Å². The largest absolute Gasteiger partial charge is 0.507 e. The normalized spacial score (nSPS) is 16.9. The molecule has 0 radical (unpaired) electrons. The van der Waals surface area contributed by atoms with Gasteiger partial charge in [-0.05, 0) is 60.9 Å². The average molecular weight is 680 g/mol. The van der Waals surface area contributed by atoms with Crippen molar-refractivity contribution in [3.8, 4) is 23.0 Å². The number of amides is 1. The maximum absolute atomic E-state index is 13.8. The van der Waals surface area contributed by atoms with Crippen LogP contribution < -0.4 is 23.8 Å². The third kappa shape index (κ3) is 6.37. The Hall–Kier alpha value is -4.26. The molecule has 0 spiro atoms. The summed E-state index contributed by atoms with van der Waals surface area (Å²) in [6.07, 6.45) is 0.802. The number of aliphatic hydroxyl groups is 1. The number of hydrogen-bond acceptors (Lipinski definition) is 11. The summed E-state index contributed by atoms with van der Waals surface area (Å²) in [6.45, 7) is 5.47. The van der Waals surface area contributed by atoms with Crippen LogP contribution in [0.4, 0.5) is 5.13 Å². The van der Waals surface area contributed by atoms with Crippen LogP contribution in [0.1, 0.15) is 43.0 Å². The Morgan fingerprint density at radius 3 is 2.61 bits per heavy atom. The Kier molecular flexibility index (Phi) is 9.67. The summed E-state index contributed by atoms with van der Waals surface area (Å²) in [6, 6.07) is 16.6. The summed E-state index contributed by atoms with van der Waals surface area (Å²) in [4.78, 5) is 28.8. The second-order valence-corrected chi connectivity index (χ2v) is 12.8. The lowest BCUT2D eigenvalue weighted by atomic mass is 9.95. The summed E-state index contributed by atoms with van der Waals surface area (Å²) in [5.74, 6) is 0.426. The van der Waals surface area contributed by atoms with Crippen molar-refractivity contribution in [1.29, 1.82) is 0 Å². The number of rotatable bonds is 11. The third-order valence-electron chi connectivity index (χ3n) is 7.22. The summed E-state index contributed by atoms with van der Waals surface area (Å²) >= 11 is 8.92. The number of nitrogens with zero attached hydrogens (tertiary/aromatic N) is 3. The number of thioether (sulfide) groups is 1. The number of carbonyl (C=O) groups excluding carboxylic acids is 2. The number of anilines is 1. The highest BCUT2D eigenvalue weighted by molar-refractivity contribution is 8.00. The molecule has 0 bridgehead atoms. The smallest absolute Gasteiger partial charge is 0.301 e. The number of hydrogen-bond donors (Lipinski definition) is 1. The van der Waals surface area contributed by atoms with Crippen molar-refractivity contribution in [3.63, 3.8) is 0 Å². The Balaban J connectivity index is 1.43. The summed E-state index contributed by atoms with van der Waals surface area (Å²) in [5, 5.41) is 21.1. The van der Waals surface area contributed by atoms with E-state index in [4.69, 9.17) is 30.5 Å². The number of aromatic nitrogens is 2. The van der Waals surface area contributed by atoms with E-state index in [2.05, 4.69) is 10.2 Å². The van der Waals surface area contributed by atoms with Gasteiger partial charge in [0.2, 0.25) is 5.13 Å². The molecule has 0 aliphatic carbocycles. The van der Waals surface area contributed by atoms with Crippen LogP contribution in [0.15, 0.2) is 70.6 Å². The third-order valence-corrected chi connectivity index (χ3v) is 9.69. The van der Waals surface area contributed by atoms with Gasteiger partial charge in [0.1, 0.15) is 19.0 Å². The molecule has 3 aromatic carbocycles. The van der Waals surface area contributed by atoms with Crippen molar-refractivity contribution in [2.24, 2.45) is 0 Å². The number of ketones is 1. The fraction of sp³-hybridized carbons (Fsp3) is 0.273. The second-order valence-electron chi connectivity index (χ2n) is 10.2. The van der Waals surface area contributed by atoms with Gasteiger partial charge in [-0.15, -0.1) is 10.2 Å². The predicted molar refractivity (Wildman–Crippen MR) is 177 cm³/mol. The van der Waals surface area contributed by atoms with Gasteiger partial charge in [0, 0.05) is 16.3 Å². The number of aliphatic hydroxyl groups excluding tert-OH is 1. The minimum absolute atomic E-state index is 0.105. The lowest BCUT2D eigenvalue weighted by molar-refractivity contribution is -0.132. The fourth-order valence-electron chi connectivity index (χ4n) is 5.10. The number of Topliss-reactive ketones (excluding diaryl/α,β-unsaturated/α-hetero) is 1. The average Bonchev–Trinajstić information content (AvgIpc) is 3.64. The molecule has 4 aromatic rings. The van der Waals surface area contributed by atoms with E-state index in [0.29, 0.717) is 75.7 Å². The minimum atomic E-state index is -1.04. The van der Waals surface area contributed by atoms with Crippen molar-refractivity contribution in [3.05, 3.63) is 87.9 Å². The van der Waals surface area contributed by atoms with Gasteiger partial charge < -0.3 is 24.1 Å². The first-order valence-corrected chi connectivity index (χ1v) is 16.9. The maximum atomic E-state index is 13.8. The summed E-state index contributed by atoms with van der Waals surface area (Å²) < 4.78 is 23.7. The van der Waals surface area contributed by atoms with Crippen LogP contribution in [0, 0.1) is 0 Å². The van der Waals surface area contributed by atoms with Gasteiger partial charge in [-0.2, -0.15) is 0 Å². The summed E-state index contributed by atoms with van der Waals surface area (Å²) in [5.41, 5.74) is 1.64. The molecule has 6 rings (SSSR count). The van der Waals surface area contributed by atoms with Crippen LogP contribution in [0.5, 0.6) is 23.0 Å². The Morgan fingerprint density at radius 2 is 1.83 bits per heavy atom. The zero-order valence-electron chi connectivity index (χ0n) is 25.0. The molecule has 238 valence electrons. The highest BCUT2D eigenvalue weighted by atomic mass is 35.5. The highest BCUT2D eigenvalue weighted by Gasteiger charge is 2.48. The molecule has 13 heteroatoms. The lowest BCUT2D eigenvalue weighted by Gasteiger charge is -2.24. The first-order valence-electron chi connectivity index (χ1n) is 14.7. The lowest BCUT2D eigenvalue weighted by Crippen LogP contribution is -2.29. The standard InChI is InChI=1S/C33H30ClN3O7S2/c1-3-13-42-23-11-9-19(16-25(23)41-4-2)28-27(29(38)20-10-12-24-26(17-20)44-15-14-43-24)30(39)31(40)37(28)32-35-36-33(46-32)45-18-21-7-5-6-8-22(21)34/h5-12,16-17,28,38H,3-4,13-15,18H2,1-2H3. The molecule has 1 saturated heterocycles. The first kappa shape index (κ1) is 31.7. The van der Waals surface area contributed by atoms with Crippen LogP contribution >= 0.6 is 34.7 Å². The number of carbonyl (C=O) groups is 2. The molecule has 2 aliphatic heterocycles. The van der Waals surface area contributed by atoms with Crippen molar-refractivity contribution in [1.82, 2.24) is 10.2 Å². The number of fused-ring (bicyclic) bond motifs is 1. The van der Waals surface area contributed by atoms with Crippen LogP contribution in [0.2, 0.25) is 5.02 Å². The monoisotopic (exact) mass is 679 g/mol. The van der Waals surface area contributed by atoms with Crippen LogP contribution in [-0.4, -0.2) is 53.4 Å². The van der Waals surface area contributed by atoms with Gasteiger partial charge in [0.05, 0.1) is 24.8 Å². The van der Waals surface area contributed by atoms with E-state index in [-0.39, 0.29) is 16.5 Å². The summed E-state index contributed by atoms with van der Waals surface area (Å²) in [7, 11) is 0. The molecule has 2 aliphatic rings. The molecule has 1 amide bonds. The Bertz CT molecular complexity index is 1810. The zero-order valence-corrected chi connectivity index (χ0v) is 27.4. The fourth-order valence-corrected chi connectivity index (χ4v) is 7.25. The molecule has 10 nitrogen and oxygen atoms in total. The van der Waals surface area contributed by atoms with Gasteiger partial charge in [-0.25, -0.2) is 0 Å². The molecule has 1 N–H and O–H groups in total. The van der Waals surface area contributed by atoms with Gasteiger partial charge in [-0.1, -0.05) is 65.9 Å². The molecule has 3 heterocycles. The number of ether oxygens (including phenoxy) is 4. The van der Waals surface area contributed by atoms with Gasteiger partial charge in [0.15, 0.2) is 27.3 Å². The molecular formula is C33H30ClN3O7S2. The SMILES string of the molecule is CCCOc1ccc(C2C(=C(O)c3ccc4c(c3)OCCO4)C(=O)C(=O)N2c2nnc(SCc3ccccc3Cl)s2)cc1OCC. The minimum Gasteiger partial charge on any atom is -0.507 e. The molecular weight excluding hydrogens is 650 g/mol. The van der Waals surface area contributed by atoms with Crippen LogP contribution in [0.3, 0.4) is 0 Å². The van der Waals surface area contributed by atoms with E-state index in [1.165, 1.54) is 28.0 Å². The van der Waals surface area contributed by atoms with Crippen molar-refractivity contribution < 1.29 is 33.6 Å². The quantitative estimate of drug-likeness (QED) is 0.0579. The molecule has 1 fully saturated rings. The van der Waals surface area contributed by atoms with Crippen molar-refractivity contribution >= 4 is 57.3 Å². The Labute approximate surface area is 278 Å².